The number of nitro groups is 1. The molecule has 0 radical (unpaired) electrons. The molecule has 1 aliphatic rings. The number of aliphatic hydroxyl groups excluding tert-OH is 1. The number of carbonyl (C=O) groups excluding carboxylic acids is 1. The highest BCUT2D eigenvalue weighted by atomic mass is 35.5. The van der Waals surface area contributed by atoms with E-state index in [9.17, 15) is 20.0 Å². The van der Waals surface area contributed by atoms with E-state index in [1.807, 2.05) is 0 Å². The fraction of sp³-hybridized carbons (Fsp3) is 0.417. The van der Waals surface area contributed by atoms with Gasteiger partial charge >= 0.3 is 0 Å². The van der Waals surface area contributed by atoms with E-state index in [2.05, 4.69) is 5.32 Å². The Bertz CT molecular complexity index is 523. The molecule has 0 atom stereocenters. The molecule has 19 heavy (non-hydrogen) atoms. The van der Waals surface area contributed by atoms with Crippen LogP contribution < -0.4 is 5.32 Å². The molecule has 1 aromatic carbocycles. The monoisotopic (exact) mass is 284 g/mol. The number of halogens is 1. The number of amides is 1. The summed E-state index contributed by atoms with van der Waals surface area (Å²) < 4.78 is 0. The third kappa shape index (κ3) is 2.69. The SMILES string of the molecule is O=C(NC1(CO)CCC1)c1ccc(Cl)c([N+](=O)[O-])c1. The molecule has 1 saturated carbocycles. The zero-order valence-electron chi connectivity index (χ0n) is 10.1. The molecule has 2 rings (SSSR count). The van der Waals surface area contributed by atoms with Crippen LogP contribution in [0.4, 0.5) is 5.69 Å². The van der Waals surface area contributed by atoms with Crippen LogP contribution in [-0.4, -0.2) is 28.1 Å². The Hall–Kier alpha value is -1.66. The zero-order valence-corrected chi connectivity index (χ0v) is 10.8. The van der Waals surface area contributed by atoms with Crippen LogP contribution in [0.3, 0.4) is 0 Å². The lowest BCUT2D eigenvalue weighted by Crippen LogP contribution is -2.56. The first kappa shape index (κ1) is 13.8. The molecule has 0 spiro atoms. The summed E-state index contributed by atoms with van der Waals surface area (Å²) in [4.78, 5) is 22.1. The van der Waals surface area contributed by atoms with Gasteiger partial charge in [-0.1, -0.05) is 11.6 Å². The molecule has 7 heteroatoms. The quantitative estimate of drug-likeness (QED) is 0.652. The van der Waals surface area contributed by atoms with Gasteiger partial charge in [0.1, 0.15) is 5.02 Å². The average molecular weight is 285 g/mol. The lowest BCUT2D eigenvalue weighted by Gasteiger charge is -2.40. The van der Waals surface area contributed by atoms with Crippen molar-refractivity contribution in [2.75, 3.05) is 6.61 Å². The number of nitrogens with one attached hydrogen (secondary N) is 1. The molecule has 102 valence electrons. The second-order valence-corrected chi connectivity index (χ2v) is 5.08. The van der Waals surface area contributed by atoms with Crippen LogP contribution in [0, 0.1) is 10.1 Å². The molecule has 6 nitrogen and oxygen atoms in total. The fourth-order valence-corrected chi connectivity index (χ4v) is 2.22. The van der Waals surface area contributed by atoms with Crippen LogP contribution in [0.2, 0.25) is 5.02 Å². The third-order valence-electron chi connectivity index (χ3n) is 3.40. The molecule has 0 aromatic heterocycles. The molecule has 0 aliphatic heterocycles. The zero-order chi connectivity index (χ0) is 14.0. The summed E-state index contributed by atoms with van der Waals surface area (Å²) in [7, 11) is 0. The Morgan fingerprint density at radius 3 is 2.68 bits per heavy atom. The van der Waals surface area contributed by atoms with Gasteiger partial charge in [0.15, 0.2) is 0 Å². The van der Waals surface area contributed by atoms with Crippen LogP contribution in [0.15, 0.2) is 18.2 Å². The highest BCUT2D eigenvalue weighted by molar-refractivity contribution is 6.32. The van der Waals surface area contributed by atoms with Crippen molar-refractivity contribution in [2.24, 2.45) is 0 Å². The maximum Gasteiger partial charge on any atom is 0.288 e. The minimum atomic E-state index is -0.635. The van der Waals surface area contributed by atoms with Gasteiger partial charge in [-0.3, -0.25) is 14.9 Å². The van der Waals surface area contributed by atoms with Crippen molar-refractivity contribution >= 4 is 23.2 Å². The first-order chi connectivity index (χ1) is 8.97. The van der Waals surface area contributed by atoms with Crippen molar-refractivity contribution in [1.82, 2.24) is 5.32 Å². The Labute approximate surface area is 114 Å². The van der Waals surface area contributed by atoms with Crippen LogP contribution >= 0.6 is 11.6 Å². The number of hydrogen-bond acceptors (Lipinski definition) is 4. The van der Waals surface area contributed by atoms with Gasteiger partial charge in [-0.25, -0.2) is 0 Å². The fourth-order valence-electron chi connectivity index (χ4n) is 2.03. The first-order valence-electron chi connectivity index (χ1n) is 5.85. The maximum atomic E-state index is 12.0. The number of hydrogen-bond donors (Lipinski definition) is 2. The normalized spacial score (nSPS) is 16.5. The minimum absolute atomic E-state index is 0.0120. The van der Waals surface area contributed by atoms with E-state index in [0.717, 1.165) is 12.5 Å². The highest BCUT2D eigenvalue weighted by Crippen LogP contribution is 2.32. The summed E-state index contributed by atoms with van der Waals surface area (Å²) in [5, 5.41) is 22.7. The molecule has 1 aliphatic carbocycles. The van der Waals surface area contributed by atoms with E-state index < -0.39 is 16.4 Å². The number of carbonyl (C=O) groups is 1. The van der Waals surface area contributed by atoms with Gasteiger partial charge in [0.05, 0.1) is 17.1 Å². The molecule has 0 saturated heterocycles. The molecule has 1 amide bonds. The van der Waals surface area contributed by atoms with Crippen LogP contribution in [0.5, 0.6) is 0 Å². The Kier molecular flexibility index (Phi) is 3.73. The van der Waals surface area contributed by atoms with Gasteiger partial charge in [0.25, 0.3) is 11.6 Å². The topological polar surface area (TPSA) is 92.5 Å². The minimum Gasteiger partial charge on any atom is -0.394 e. The van der Waals surface area contributed by atoms with Gasteiger partial charge in [-0.2, -0.15) is 0 Å². The summed E-state index contributed by atoms with van der Waals surface area (Å²) >= 11 is 5.68. The molecule has 0 heterocycles. The van der Waals surface area contributed by atoms with Gasteiger partial charge in [-0.15, -0.1) is 0 Å². The number of nitro benzene ring substituents is 1. The standard InChI is InChI=1S/C12H13ClN2O4/c13-9-3-2-8(6-10(9)15(18)19)11(17)14-12(7-16)4-1-5-12/h2-3,6,16H,1,4-5,7H2,(H,14,17). The summed E-state index contributed by atoms with van der Waals surface area (Å²) in [5.41, 5.74) is -0.720. The molecule has 0 unspecified atom stereocenters. The van der Waals surface area contributed by atoms with Gasteiger partial charge < -0.3 is 10.4 Å². The predicted molar refractivity (Wildman–Crippen MR) is 69.2 cm³/mol. The largest absolute Gasteiger partial charge is 0.394 e. The first-order valence-corrected chi connectivity index (χ1v) is 6.22. The van der Waals surface area contributed by atoms with E-state index in [-0.39, 0.29) is 22.9 Å². The van der Waals surface area contributed by atoms with E-state index >= 15 is 0 Å². The number of nitrogens with zero attached hydrogens (tertiary/aromatic N) is 1. The lowest BCUT2D eigenvalue weighted by atomic mass is 9.77. The summed E-state index contributed by atoms with van der Waals surface area (Å²) in [6.07, 6.45) is 2.37. The Balaban J connectivity index is 2.20. The smallest absolute Gasteiger partial charge is 0.288 e. The van der Waals surface area contributed by atoms with E-state index in [4.69, 9.17) is 11.6 Å². The van der Waals surface area contributed by atoms with Crippen molar-refractivity contribution in [3.05, 3.63) is 38.9 Å². The second kappa shape index (κ2) is 5.14. The Morgan fingerprint density at radius 2 is 2.21 bits per heavy atom. The molecular formula is C12H13ClN2O4. The van der Waals surface area contributed by atoms with Crippen LogP contribution in [-0.2, 0) is 0 Å². The second-order valence-electron chi connectivity index (χ2n) is 4.67. The number of benzene rings is 1. The van der Waals surface area contributed by atoms with Crippen molar-refractivity contribution < 1.29 is 14.8 Å². The van der Waals surface area contributed by atoms with E-state index in [1.54, 1.807) is 0 Å². The van der Waals surface area contributed by atoms with E-state index in [0.29, 0.717) is 12.8 Å². The number of rotatable bonds is 4. The van der Waals surface area contributed by atoms with Crippen molar-refractivity contribution in [2.45, 2.75) is 24.8 Å². The predicted octanol–water partition coefficient (Wildman–Crippen LogP) is 1.89. The van der Waals surface area contributed by atoms with Crippen molar-refractivity contribution in [3.63, 3.8) is 0 Å². The summed E-state index contributed by atoms with van der Waals surface area (Å²) in [6.45, 7) is -0.131. The third-order valence-corrected chi connectivity index (χ3v) is 3.72. The number of aliphatic hydroxyl groups is 1. The molecule has 2 N–H and O–H groups in total. The van der Waals surface area contributed by atoms with Gasteiger partial charge in [-0.05, 0) is 31.4 Å². The lowest BCUT2D eigenvalue weighted by molar-refractivity contribution is -0.384. The van der Waals surface area contributed by atoms with Crippen LogP contribution in [0.1, 0.15) is 29.6 Å². The van der Waals surface area contributed by atoms with Gasteiger partial charge in [0.2, 0.25) is 0 Å². The molecule has 1 fully saturated rings. The van der Waals surface area contributed by atoms with Crippen molar-refractivity contribution in [3.8, 4) is 0 Å². The van der Waals surface area contributed by atoms with Crippen molar-refractivity contribution in [1.29, 1.82) is 0 Å². The van der Waals surface area contributed by atoms with Crippen LogP contribution in [0.25, 0.3) is 0 Å². The van der Waals surface area contributed by atoms with Gasteiger partial charge in [0, 0.05) is 11.6 Å². The molecule has 1 aromatic rings. The van der Waals surface area contributed by atoms with E-state index in [1.165, 1.54) is 12.1 Å². The molecular weight excluding hydrogens is 272 g/mol. The average Bonchev–Trinajstić information content (AvgIpc) is 2.33. The maximum absolute atomic E-state index is 12.0. The summed E-state index contributed by atoms with van der Waals surface area (Å²) in [6, 6.07) is 3.89. The highest BCUT2D eigenvalue weighted by Gasteiger charge is 2.38. The summed E-state index contributed by atoms with van der Waals surface area (Å²) in [5.74, 6) is -0.437. The molecule has 0 bridgehead atoms. The Morgan fingerprint density at radius 1 is 1.53 bits per heavy atom.